The van der Waals surface area contributed by atoms with Crippen molar-refractivity contribution in [1.82, 2.24) is 40.2 Å². The zero-order valence-electron chi connectivity index (χ0n) is 70.9. The van der Waals surface area contributed by atoms with Gasteiger partial charge in [-0.25, -0.2) is 13.6 Å². The Labute approximate surface area is 732 Å². The van der Waals surface area contributed by atoms with Crippen molar-refractivity contribution in [3.8, 4) is 22.3 Å². The van der Waals surface area contributed by atoms with Gasteiger partial charge in [0.2, 0.25) is 34.7 Å². The molecule has 6 atom stereocenters. The molecular formula is C91H93F8N13O17. The van der Waals surface area contributed by atoms with E-state index in [1.807, 2.05) is 51.6 Å². The van der Waals surface area contributed by atoms with E-state index in [-0.39, 0.29) is 131 Å². The van der Waals surface area contributed by atoms with E-state index in [2.05, 4.69) is 41.0 Å². The van der Waals surface area contributed by atoms with Gasteiger partial charge in [0.05, 0.1) is 79.4 Å². The maximum Gasteiger partial charge on any atom is 0.417 e. The number of carboxylic acids is 1. The maximum atomic E-state index is 15.8. The number of benzene rings is 6. The summed E-state index contributed by atoms with van der Waals surface area (Å²) in [5.74, 6) is -9.69. The predicted octanol–water partition coefficient (Wildman–Crippen LogP) is 10.7. The van der Waals surface area contributed by atoms with E-state index in [9.17, 15) is 97.9 Å². The Hall–Kier alpha value is -13.3. The SMILES string of the molecule is C[C@@H]1CN(c2ccc(-c3ccc(C(=O)CCCOCCCc4cccc5c4C(=O)N(C4CCC(=O)NC4=O)C5=O)cc3F)cc2NC(=O)c2c[nH]c(=O)cc2C(F)(F)F)C[C@H](C)N1C.C[C@@H]1CN(c2ccc(-c3ccc(C(=O)O)cc3F)cc2NC(=O)c2c[nH]c(=O)cc2C(F)(F)F)C[C@H](C)N1C.NCCOCCCc1cccc2c1C(=O)N(C1CCC(=O)NC1=O)C2=O. The Balaban J connectivity index is 0.000000196. The minimum absolute atomic E-state index is 0.0192. The van der Waals surface area contributed by atoms with E-state index in [4.69, 9.17) is 20.3 Å². The van der Waals surface area contributed by atoms with Crippen LogP contribution in [0.3, 0.4) is 0 Å². The van der Waals surface area contributed by atoms with Crippen LogP contribution < -0.4 is 47.9 Å². The third-order valence-electron chi connectivity index (χ3n) is 23.5. The van der Waals surface area contributed by atoms with Crippen molar-refractivity contribution in [3.63, 3.8) is 0 Å². The van der Waals surface area contributed by atoms with E-state index in [1.54, 1.807) is 54.6 Å². The van der Waals surface area contributed by atoms with Gasteiger partial charge in [-0.3, -0.25) is 92.6 Å². The number of hydrogen-bond acceptors (Lipinski definition) is 21. The molecule has 6 aliphatic rings. The van der Waals surface area contributed by atoms with Gasteiger partial charge in [0, 0.05) is 137 Å². The molecular weight excluding hydrogens is 1700 g/mol. The molecule has 8 aromatic rings. The van der Waals surface area contributed by atoms with Crippen LogP contribution in [0.4, 0.5) is 57.9 Å². The number of nitrogens with two attached hydrogens (primary N) is 1. The van der Waals surface area contributed by atoms with Gasteiger partial charge in [-0.05, 0) is 164 Å². The Morgan fingerprint density at radius 2 is 0.884 bits per heavy atom. The minimum Gasteiger partial charge on any atom is -0.478 e. The van der Waals surface area contributed by atoms with Crippen LogP contribution in [0.25, 0.3) is 22.3 Å². The van der Waals surface area contributed by atoms with E-state index in [1.165, 1.54) is 42.5 Å². The molecule has 680 valence electrons. The molecule has 0 bridgehead atoms. The summed E-state index contributed by atoms with van der Waals surface area (Å²) < 4.78 is 124. The van der Waals surface area contributed by atoms with Crippen LogP contribution in [0, 0.1) is 11.6 Å². The zero-order valence-corrected chi connectivity index (χ0v) is 70.9. The van der Waals surface area contributed by atoms with Gasteiger partial charge < -0.3 is 50.7 Å². The lowest BCUT2D eigenvalue weighted by molar-refractivity contribution is -0.138. The lowest BCUT2D eigenvalue weighted by atomic mass is 9.98. The molecule has 6 aromatic carbocycles. The van der Waals surface area contributed by atoms with Gasteiger partial charge in [-0.1, -0.05) is 54.6 Å². The van der Waals surface area contributed by atoms with E-state index in [0.717, 1.165) is 27.5 Å². The molecule has 10 amide bonds. The van der Waals surface area contributed by atoms with Gasteiger partial charge in [0.1, 0.15) is 23.7 Å². The number of hydrogen-bond donors (Lipinski definition) is 8. The normalized spacial score (nSPS) is 19.0. The Morgan fingerprint density at radius 3 is 1.27 bits per heavy atom. The van der Waals surface area contributed by atoms with Gasteiger partial charge in [-0.15, -0.1) is 0 Å². The van der Waals surface area contributed by atoms with E-state index in [0.29, 0.717) is 136 Å². The number of carbonyl (C=O) groups is 12. The molecule has 30 nitrogen and oxygen atoms in total. The number of nitrogens with zero attached hydrogens (tertiary/aromatic N) is 6. The van der Waals surface area contributed by atoms with Crippen LogP contribution in [0.15, 0.2) is 143 Å². The molecule has 0 spiro atoms. The number of H-pyrrole nitrogens is 2. The van der Waals surface area contributed by atoms with Crippen LogP contribution in [-0.4, -0.2) is 215 Å². The van der Waals surface area contributed by atoms with Crippen molar-refractivity contribution in [3.05, 3.63) is 233 Å². The Morgan fingerprint density at radius 1 is 0.488 bits per heavy atom. The molecule has 9 N–H and O–H groups in total. The number of ketones is 1. The number of carboxylic acid groups (broad SMARTS) is 1. The van der Waals surface area contributed by atoms with Crippen molar-refractivity contribution < 1.29 is 107 Å². The van der Waals surface area contributed by atoms with E-state index >= 15 is 4.39 Å². The summed E-state index contributed by atoms with van der Waals surface area (Å²) in [4.78, 5) is 188. The fourth-order valence-electron chi connectivity index (χ4n) is 16.4. The number of Topliss-reactive ketones (excluding diaryl/α,β-unsaturated/α-hetero) is 1. The Kier molecular flexibility index (Phi) is 29.7. The standard InChI is InChI=1S/C46H46F4N6O8.C27H26F4N4O4.C18H21N3O5/c1-25-23-55(24-26(2)54(25)3)36-14-12-28(20-35(36)52-42(60)32-22-51-40(59)21-33(32)46(48,49)50)30-13-11-29(19-34(30)47)38(57)10-6-18-64-17-5-8-27-7-4-9-31-41(27)45(63)56(44(31)62)37-15-16-39(58)53-43(37)61;1-14-12-35(13-15(2)34(14)3)23-7-5-16(18-6-4-17(26(38)39)8-21(18)28)9-22(23)33-25(37)19-11-32-24(36)10-20(19)27(29,30)31;19-8-10-26-9-2-4-11-3-1-5-12-15(11)18(25)21(17(12)24)13-6-7-14(22)20-16(13)23/h4,7,9,11-14,19-22,25-26,37H,5-6,8,10,15-18,23-24H2,1-3H3,(H,51,59)(H,52,60)(H,53,58,61);4-11,14-15H,12-13H2,1-3H3,(H,32,36)(H,33,37)(H,38,39);1,3,5,13H,2,4,6-10,19H2,(H,20,22,23)/t25-,26+,37?;14-,15+;. The fraction of sp³-hybridized carbons (Fsp3) is 0.363. The number of nitrogens with one attached hydrogen (secondary N) is 6. The number of fused-ring (bicyclic) bond motifs is 2. The summed E-state index contributed by atoms with van der Waals surface area (Å²) >= 11 is 0. The van der Waals surface area contributed by atoms with Crippen LogP contribution in [0.5, 0.6) is 0 Å². The topological polar surface area (TPSA) is 403 Å². The number of imide groups is 4. The number of rotatable bonds is 26. The van der Waals surface area contributed by atoms with E-state index < -0.39 is 129 Å². The summed E-state index contributed by atoms with van der Waals surface area (Å²) in [6.07, 6.45) is -5.67. The maximum absolute atomic E-state index is 15.8. The number of aromatic nitrogens is 2. The van der Waals surface area contributed by atoms with Gasteiger partial charge in [-0.2, -0.15) is 26.3 Å². The highest BCUT2D eigenvalue weighted by Crippen LogP contribution is 2.41. The van der Waals surface area contributed by atoms with Gasteiger partial charge in [0.25, 0.3) is 35.4 Å². The van der Waals surface area contributed by atoms with Crippen molar-refractivity contribution >= 4 is 93.6 Å². The summed E-state index contributed by atoms with van der Waals surface area (Å²) in [5.41, 5.74) is 3.25. The number of aryl methyl sites for hydroxylation is 2. The summed E-state index contributed by atoms with van der Waals surface area (Å²) in [6.45, 7) is 12.2. The monoisotopic (exact) mass is 1790 g/mol. The number of piperazine rings is 2. The van der Waals surface area contributed by atoms with Crippen molar-refractivity contribution in [2.75, 3.05) is 93.7 Å². The Bertz CT molecular complexity index is 5860. The first-order chi connectivity index (χ1) is 61.2. The number of amides is 10. The number of ether oxygens (including phenoxy) is 2. The van der Waals surface area contributed by atoms with Crippen molar-refractivity contribution in [2.24, 2.45) is 5.73 Å². The first-order valence-electron chi connectivity index (χ1n) is 41.6. The average Bonchev–Trinajstić information content (AvgIpc) is 1.63. The number of likely N-dealkylation sites (N-methyl/N-ethyl adjacent to an activating group) is 2. The number of alkyl halides is 6. The molecule has 0 aliphatic carbocycles. The molecule has 2 unspecified atom stereocenters. The third kappa shape index (κ3) is 21.6. The number of piperidine rings is 2. The first kappa shape index (κ1) is 94.8. The van der Waals surface area contributed by atoms with Crippen molar-refractivity contribution in [1.29, 1.82) is 0 Å². The molecule has 14 rings (SSSR count). The second kappa shape index (κ2) is 40.3. The highest BCUT2D eigenvalue weighted by Gasteiger charge is 2.48. The number of aromatic amines is 2. The van der Waals surface area contributed by atoms with Crippen LogP contribution in [0.1, 0.15) is 184 Å². The zero-order chi connectivity index (χ0) is 93.4. The van der Waals surface area contributed by atoms with Crippen molar-refractivity contribution in [2.45, 2.75) is 141 Å². The number of pyridine rings is 2. The number of anilines is 4. The minimum atomic E-state index is -4.99. The molecule has 4 saturated heterocycles. The molecule has 0 saturated carbocycles. The second-order valence-corrected chi connectivity index (χ2v) is 32.2. The summed E-state index contributed by atoms with van der Waals surface area (Å²) in [7, 11) is 3.97. The molecule has 2 aromatic heterocycles. The molecule has 4 fully saturated rings. The van der Waals surface area contributed by atoms with Gasteiger partial charge >= 0.3 is 18.3 Å². The molecule has 38 heteroatoms. The summed E-state index contributed by atoms with van der Waals surface area (Å²) in [6, 6.07) is 25.9. The first-order valence-corrected chi connectivity index (χ1v) is 41.6. The van der Waals surface area contributed by atoms with Crippen LogP contribution >= 0.6 is 0 Å². The molecule has 6 aliphatic heterocycles. The molecule has 129 heavy (non-hydrogen) atoms. The molecule has 8 heterocycles. The fourth-order valence-corrected chi connectivity index (χ4v) is 16.4. The average molecular weight is 1790 g/mol. The van der Waals surface area contributed by atoms with Gasteiger partial charge in [0.15, 0.2) is 5.78 Å². The third-order valence-corrected chi connectivity index (χ3v) is 23.5. The quantitative estimate of drug-likeness (QED) is 0.0108. The summed E-state index contributed by atoms with van der Waals surface area (Å²) in [5, 5.41) is 18.6. The number of carbonyl (C=O) groups excluding carboxylic acids is 11. The molecule has 0 radical (unpaired) electrons. The smallest absolute Gasteiger partial charge is 0.417 e. The number of aromatic carboxylic acids is 1. The van der Waals surface area contributed by atoms with Crippen LogP contribution in [-0.2, 0) is 53.8 Å². The lowest BCUT2D eigenvalue weighted by Gasteiger charge is -2.44. The lowest BCUT2D eigenvalue weighted by Crippen LogP contribution is -2.55. The predicted molar refractivity (Wildman–Crippen MR) is 456 cm³/mol. The number of halogens is 8. The highest BCUT2D eigenvalue weighted by atomic mass is 19.4. The largest absolute Gasteiger partial charge is 0.478 e. The second-order valence-electron chi connectivity index (χ2n) is 32.2. The highest BCUT2D eigenvalue weighted by molar-refractivity contribution is 6.25. The van der Waals surface area contributed by atoms with Crippen LogP contribution in [0.2, 0.25) is 0 Å².